The van der Waals surface area contributed by atoms with Crippen LogP contribution in [0.1, 0.15) is 26.3 Å². The number of nitrogens with two attached hydrogens (primary N) is 1. The summed E-state index contributed by atoms with van der Waals surface area (Å²) in [4.78, 5) is 0. The summed E-state index contributed by atoms with van der Waals surface area (Å²) in [5, 5.41) is 0. The second-order valence-corrected chi connectivity index (χ2v) is 2.68. The van der Waals surface area contributed by atoms with Crippen LogP contribution >= 0.6 is 0 Å². The van der Waals surface area contributed by atoms with Gasteiger partial charge in [0.15, 0.2) is 0 Å². The normalized spacial score (nSPS) is 11.4. The molecule has 0 spiro atoms. The second kappa shape index (κ2) is 8.73. The van der Waals surface area contributed by atoms with Gasteiger partial charge >= 0.3 is 0 Å². The van der Waals surface area contributed by atoms with Crippen molar-refractivity contribution in [3.05, 3.63) is 35.9 Å². The Morgan fingerprint density at radius 3 is 2.29 bits per heavy atom. The van der Waals surface area contributed by atoms with Gasteiger partial charge in [-0.2, -0.15) is 0 Å². The molecule has 0 heterocycles. The Morgan fingerprint density at radius 1 is 1.21 bits per heavy atom. The molecule has 1 atom stereocenters. The number of hydrogen-bond acceptors (Lipinski definition) is 2. The molecule has 80 valence electrons. The van der Waals surface area contributed by atoms with Crippen molar-refractivity contribution >= 4 is 0 Å². The minimum absolute atomic E-state index is 0.169. The summed E-state index contributed by atoms with van der Waals surface area (Å²) in [6, 6.07) is 10.1. The fraction of sp³-hybridized carbons (Fsp3) is 0.500. The van der Waals surface area contributed by atoms with E-state index in [0.29, 0.717) is 6.61 Å². The topological polar surface area (TPSA) is 35.2 Å². The maximum atomic E-state index is 5.69. The van der Waals surface area contributed by atoms with Gasteiger partial charge in [0.05, 0.1) is 0 Å². The lowest BCUT2D eigenvalue weighted by Crippen LogP contribution is -2.26. The summed E-state index contributed by atoms with van der Waals surface area (Å²) in [7, 11) is 0. The Kier molecular flexibility index (Phi) is 8.19. The summed E-state index contributed by atoms with van der Waals surface area (Å²) in [6.07, 6.45) is 0.617. The Balaban J connectivity index is 0.000000791. The van der Waals surface area contributed by atoms with Crippen LogP contribution in [-0.2, 0) is 11.2 Å². The molecule has 0 aromatic heterocycles. The van der Waals surface area contributed by atoms with Crippen LogP contribution in [0, 0.1) is 0 Å². The SMILES string of the molecule is CC.CCO[C@@H](N)Cc1ccccc1. The average Bonchev–Trinajstić information content (AvgIpc) is 2.22. The van der Waals surface area contributed by atoms with Gasteiger partial charge < -0.3 is 10.5 Å². The molecule has 0 unspecified atom stereocenters. The van der Waals surface area contributed by atoms with E-state index in [0.717, 1.165) is 6.42 Å². The smallest absolute Gasteiger partial charge is 0.109 e. The maximum Gasteiger partial charge on any atom is 0.109 e. The van der Waals surface area contributed by atoms with Gasteiger partial charge in [-0.05, 0) is 12.5 Å². The molecule has 0 aliphatic rings. The second-order valence-electron chi connectivity index (χ2n) is 2.68. The van der Waals surface area contributed by atoms with Crippen LogP contribution in [-0.4, -0.2) is 12.8 Å². The van der Waals surface area contributed by atoms with Gasteiger partial charge in [-0.25, -0.2) is 0 Å². The highest BCUT2D eigenvalue weighted by Gasteiger charge is 2.01. The molecule has 0 radical (unpaired) electrons. The summed E-state index contributed by atoms with van der Waals surface area (Å²) >= 11 is 0. The van der Waals surface area contributed by atoms with Crippen molar-refractivity contribution < 1.29 is 4.74 Å². The van der Waals surface area contributed by atoms with Gasteiger partial charge in [-0.3, -0.25) is 0 Å². The molecule has 1 aromatic carbocycles. The summed E-state index contributed by atoms with van der Waals surface area (Å²) in [5.41, 5.74) is 6.91. The van der Waals surface area contributed by atoms with Gasteiger partial charge in [0.2, 0.25) is 0 Å². The van der Waals surface area contributed by atoms with E-state index < -0.39 is 0 Å². The molecular weight excluding hydrogens is 174 g/mol. The van der Waals surface area contributed by atoms with Gasteiger partial charge in [0.1, 0.15) is 6.23 Å². The number of hydrogen-bond donors (Lipinski definition) is 1. The minimum Gasteiger partial charge on any atom is -0.364 e. The first kappa shape index (κ1) is 13.1. The predicted octanol–water partition coefficient (Wildman–Crippen LogP) is 2.58. The van der Waals surface area contributed by atoms with E-state index in [1.54, 1.807) is 0 Å². The van der Waals surface area contributed by atoms with Crippen molar-refractivity contribution in [2.45, 2.75) is 33.4 Å². The molecular formula is C12H21NO. The molecule has 0 bridgehead atoms. The number of ether oxygens (including phenoxy) is 1. The number of rotatable bonds is 4. The molecule has 1 aromatic rings. The highest BCUT2D eigenvalue weighted by Crippen LogP contribution is 2.01. The number of benzene rings is 1. The molecule has 2 heteroatoms. The predicted molar refractivity (Wildman–Crippen MR) is 61.1 cm³/mol. The lowest BCUT2D eigenvalue weighted by Gasteiger charge is -2.10. The molecule has 0 aliphatic carbocycles. The van der Waals surface area contributed by atoms with Crippen LogP contribution in [0.25, 0.3) is 0 Å². The van der Waals surface area contributed by atoms with Gasteiger partial charge in [0.25, 0.3) is 0 Å². The van der Waals surface area contributed by atoms with Gasteiger partial charge in [-0.15, -0.1) is 0 Å². The quantitative estimate of drug-likeness (QED) is 0.749. The van der Waals surface area contributed by atoms with Gasteiger partial charge in [0, 0.05) is 13.0 Å². The lowest BCUT2D eigenvalue weighted by molar-refractivity contribution is 0.0681. The molecule has 1 rings (SSSR count). The minimum atomic E-state index is -0.169. The third-order valence-electron chi connectivity index (χ3n) is 1.66. The standard InChI is InChI=1S/C10H15NO.C2H6/c1-2-12-10(11)8-9-6-4-3-5-7-9;1-2/h3-7,10H,2,8,11H2,1H3;1-2H3/t10-;/m1./s1. The molecule has 0 fully saturated rings. The zero-order valence-corrected chi connectivity index (χ0v) is 9.36. The fourth-order valence-electron chi connectivity index (χ4n) is 1.12. The van der Waals surface area contributed by atoms with Crippen molar-refractivity contribution in [2.75, 3.05) is 6.61 Å². The van der Waals surface area contributed by atoms with E-state index in [1.165, 1.54) is 5.56 Å². The monoisotopic (exact) mass is 195 g/mol. The maximum absolute atomic E-state index is 5.69. The van der Waals surface area contributed by atoms with Gasteiger partial charge in [-0.1, -0.05) is 44.2 Å². The highest BCUT2D eigenvalue weighted by atomic mass is 16.5. The third-order valence-corrected chi connectivity index (χ3v) is 1.66. The Hall–Kier alpha value is -0.860. The molecule has 0 saturated heterocycles. The van der Waals surface area contributed by atoms with E-state index in [9.17, 15) is 0 Å². The average molecular weight is 195 g/mol. The first-order chi connectivity index (χ1) is 6.83. The summed E-state index contributed by atoms with van der Waals surface area (Å²) in [6.45, 7) is 6.62. The molecule has 0 aliphatic heterocycles. The molecule has 0 saturated carbocycles. The Morgan fingerprint density at radius 2 is 1.79 bits per heavy atom. The van der Waals surface area contributed by atoms with E-state index >= 15 is 0 Å². The first-order valence-corrected chi connectivity index (χ1v) is 5.24. The molecule has 2 nitrogen and oxygen atoms in total. The van der Waals surface area contributed by atoms with Crippen LogP contribution in [0.3, 0.4) is 0 Å². The lowest BCUT2D eigenvalue weighted by atomic mass is 10.1. The van der Waals surface area contributed by atoms with E-state index in [1.807, 2.05) is 39.0 Å². The van der Waals surface area contributed by atoms with E-state index in [2.05, 4.69) is 12.1 Å². The largest absolute Gasteiger partial charge is 0.364 e. The van der Waals surface area contributed by atoms with Crippen molar-refractivity contribution in [3.8, 4) is 0 Å². The first-order valence-electron chi connectivity index (χ1n) is 5.24. The van der Waals surface area contributed by atoms with E-state index in [4.69, 9.17) is 10.5 Å². The molecule has 0 amide bonds. The summed E-state index contributed by atoms with van der Waals surface area (Å²) < 4.78 is 5.22. The summed E-state index contributed by atoms with van der Waals surface area (Å²) in [5.74, 6) is 0. The van der Waals surface area contributed by atoms with Crippen LogP contribution < -0.4 is 5.73 Å². The Labute approximate surface area is 87.1 Å². The third kappa shape index (κ3) is 5.73. The Bertz CT molecular complexity index is 211. The van der Waals surface area contributed by atoms with Crippen molar-refractivity contribution in [3.63, 3.8) is 0 Å². The van der Waals surface area contributed by atoms with Crippen molar-refractivity contribution in [1.29, 1.82) is 0 Å². The van der Waals surface area contributed by atoms with Crippen molar-refractivity contribution in [1.82, 2.24) is 0 Å². The molecule has 14 heavy (non-hydrogen) atoms. The fourth-order valence-corrected chi connectivity index (χ4v) is 1.12. The van der Waals surface area contributed by atoms with Crippen LogP contribution in [0.2, 0.25) is 0 Å². The van der Waals surface area contributed by atoms with Crippen molar-refractivity contribution in [2.24, 2.45) is 5.73 Å². The zero-order chi connectivity index (χ0) is 10.8. The van der Waals surface area contributed by atoms with Crippen LogP contribution in [0.5, 0.6) is 0 Å². The highest BCUT2D eigenvalue weighted by molar-refractivity contribution is 5.15. The zero-order valence-electron chi connectivity index (χ0n) is 9.36. The van der Waals surface area contributed by atoms with E-state index in [-0.39, 0.29) is 6.23 Å². The van der Waals surface area contributed by atoms with Crippen LogP contribution in [0.4, 0.5) is 0 Å². The molecule has 2 N–H and O–H groups in total. The van der Waals surface area contributed by atoms with Crippen LogP contribution in [0.15, 0.2) is 30.3 Å².